The van der Waals surface area contributed by atoms with Gasteiger partial charge < -0.3 is 15.4 Å². The second-order valence-corrected chi connectivity index (χ2v) is 6.38. The molecule has 2 aromatic rings. The number of thiophene rings is 1. The van der Waals surface area contributed by atoms with E-state index in [0.717, 1.165) is 37.7 Å². The van der Waals surface area contributed by atoms with Crippen LogP contribution >= 0.6 is 11.3 Å². The summed E-state index contributed by atoms with van der Waals surface area (Å²) in [6, 6.07) is 1.87. The van der Waals surface area contributed by atoms with E-state index in [4.69, 9.17) is 0 Å². The van der Waals surface area contributed by atoms with Gasteiger partial charge in [-0.1, -0.05) is 6.42 Å². The van der Waals surface area contributed by atoms with Crippen molar-refractivity contribution >= 4 is 21.6 Å². The van der Waals surface area contributed by atoms with Crippen LogP contribution in [0.15, 0.2) is 16.2 Å². The van der Waals surface area contributed by atoms with Crippen molar-refractivity contribution in [1.82, 2.24) is 15.3 Å². The molecule has 5 nitrogen and oxygen atoms in total. The number of fused-ring (bicyclic) bond motifs is 1. The van der Waals surface area contributed by atoms with Crippen molar-refractivity contribution in [3.05, 3.63) is 27.6 Å². The lowest BCUT2D eigenvalue weighted by atomic mass is 9.87. The number of aliphatic hydroxyl groups is 1. The maximum atomic E-state index is 11.8. The number of aromatic amines is 1. The number of aliphatic hydroxyl groups excluding tert-OH is 1. The van der Waals surface area contributed by atoms with Crippen LogP contribution in [0.4, 0.5) is 0 Å². The van der Waals surface area contributed by atoms with Gasteiger partial charge in [0.05, 0.1) is 18.2 Å². The van der Waals surface area contributed by atoms with Gasteiger partial charge in [0, 0.05) is 0 Å². The van der Waals surface area contributed by atoms with Gasteiger partial charge in [0.15, 0.2) is 0 Å². The molecule has 0 bridgehead atoms. The molecule has 108 valence electrons. The molecule has 0 saturated heterocycles. The topological polar surface area (TPSA) is 78.0 Å². The van der Waals surface area contributed by atoms with Crippen molar-refractivity contribution in [3.8, 4) is 0 Å². The third kappa shape index (κ3) is 3.08. The third-order valence-electron chi connectivity index (χ3n) is 3.84. The first-order valence-corrected chi connectivity index (χ1v) is 7.95. The summed E-state index contributed by atoms with van der Waals surface area (Å²) in [7, 11) is 0. The predicted octanol–water partition coefficient (Wildman–Crippen LogP) is 1.63. The Labute approximate surface area is 121 Å². The molecule has 1 aliphatic rings. The minimum Gasteiger partial charge on any atom is -0.393 e. The van der Waals surface area contributed by atoms with Crippen LogP contribution in [0.25, 0.3) is 10.2 Å². The Morgan fingerprint density at radius 3 is 3.25 bits per heavy atom. The molecule has 2 unspecified atom stereocenters. The summed E-state index contributed by atoms with van der Waals surface area (Å²) in [4.78, 5) is 19.1. The Kier molecular flexibility index (Phi) is 4.14. The van der Waals surface area contributed by atoms with E-state index in [9.17, 15) is 9.90 Å². The van der Waals surface area contributed by atoms with Crippen LogP contribution < -0.4 is 10.9 Å². The summed E-state index contributed by atoms with van der Waals surface area (Å²) in [6.07, 6.45) is 3.93. The lowest BCUT2D eigenvalue weighted by molar-refractivity contribution is 0.100. The molecule has 6 heteroatoms. The lowest BCUT2D eigenvalue weighted by Gasteiger charge is -2.25. The third-order valence-corrected chi connectivity index (χ3v) is 4.75. The molecule has 3 N–H and O–H groups in total. The standard InChI is InChI=1S/C14H19N3O2S/c18-10-3-1-2-9(6-10)7-15-8-12-16-11-4-5-20-13(11)14(19)17-12/h4-5,9-10,15,18H,1-3,6-8H2,(H,16,17,19). The minimum atomic E-state index is -0.143. The number of aromatic nitrogens is 2. The van der Waals surface area contributed by atoms with Crippen LogP contribution in [-0.2, 0) is 6.54 Å². The molecule has 1 fully saturated rings. The van der Waals surface area contributed by atoms with E-state index < -0.39 is 0 Å². The Hall–Kier alpha value is -1.24. The van der Waals surface area contributed by atoms with Gasteiger partial charge in [0.2, 0.25) is 0 Å². The molecular weight excluding hydrogens is 274 g/mol. The van der Waals surface area contributed by atoms with Gasteiger partial charge >= 0.3 is 0 Å². The normalized spacial score (nSPS) is 23.2. The molecule has 0 spiro atoms. The number of H-pyrrole nitrogens is 1. The van der Waals surface area contributed by atoms with Crippen LogP contribution in [0.5, 0.6) is 0 Å². The minimum absolute atomic E-state index is 0.0603. The van der Waals surface area contributed by atoms with E-state index in [1.165, 1.54) is 11.3 Å². The van der Waals surface area contributed by atoms with Gasteiger partial charge in [-0.25, -0.2) is 4.98 Å². The molecule has 0 radical (unpaired) electrons. The van der Waals surface area contributed by atoms with Crippen LogP contribution in [0.1, 0.15) is 31.5 Å². The largest absolute Gasteiger partial charge is 0.393 e. The molecular formula is C14H19N3O2S. The molecule has 2 heterocycles. The zero-order valence-electron chi connectivity index (χ0n) is 11.3. The van der Waals surface area contributed by atoms with E-state index in [0.29, 0.717) is 23.0 Å². The van der Waals surface area contributed by atoms with Crippen molar-refractivity contribution in [2.45, 2.75) is 38.3 Å². The summed E-state index contributed by atoms with van der Waals surface area (Å²) in [5, 5.41) is 14.9. The molecule has 20 heavy (non-hydrogen) atoms. The molecule has 2 atom stereocenters. The van der Waals surface area contributed by atoms with Crippen LogP contribution in [0.3, 0.4) is 0 Å². The van der Waals surface area contributed by atoms with E-state index >= 15 is 0 Å². The number of hydrogen-bond acceptors (Lipinski definition) is 5. The van der Waals surface area contributed by atoms with Gasteiger partial charge in [-0.2, -0.15) is 0 Å². The Bertz CT molecular complexity index is 637. The quantitative estimate of drug-likeness (QED) is 0.800. The van der Waals surface area contributed by atoms with Crippen LogP contribution in [-0.4, -0.2) is 27.7 Å². The lowest BCUT2D eigenvalue weighted by Crippen LogP contribution is -2.29. The first-order chi connectivity index (χ1) is 9.72. The zero-order valence-corrected chi connectivity index (χ0v) is 12.1. The fourth-order valence-corrected chi connectivity index (χ4v) is 3.57. The highest BCUT2D eigenvalue weighted by Crippen LogP contribution is 2.23. The van der Waals surface area contributed by atoms with Crippen molar-refractivity contribution in [3.63, 3.8) is 0 Å². The number of nitrogens with zero attached hydrogens (tertiary/aromatic N) is 1. The predicted molar refractivity (Wildman–Crippen MR) is 79.9 cm³/mol. The number of rotatable bonds is 4. The maximum Gasteiger partial charge on any atom is 0.268 e. The van der Waals surface area contributed by atoms with Crippen molar-refractivity contribution < 1.29 is 5.11 Å². The average Bonchev–Trinajstić information content (AvgIpc) is 2.88. The average molecular weight is 293 g/mol. The van der Waals surface area contributed by atoms with E-state index in [1.807, 2.05) is 11.4 Å². The highest BCUT2D eigenvalue weighted by Gasteiger charge is 2.19. The summed E-state index contributed by atoms with van der Waals surface area (Å²) in [5.41, 5.74) is 0.707. The van der Waals surface area contributed by atoms with Crippen LogP contribution in [0.2, 0.25) is 0 Å². The summed E-state index contributed by atoms with van der Waals surface area (Å²) in [6.45, 7) is 1.43. The summed E-state index contributed by atoms with van der Waals surface area (Å²) >= 11 is 1.41. The van der Waals surface area contributed by atoms with Gasteiger partial charge in [-0.3, -0.25) is 4.79 Å². The Morgan fingerprint density at radius 2 is 2.40 bits per heavy atom. The van der Waals surface area contributed by atoms with Gasteiger partial charge in [0.25, 0.3) is 5.56 Å². The fourth-order valence-electron chi connectivity index (χ4n) is 2.85. The SMILES string of the molecule is O=c1[nH]c(CNCC2CCCC(O)C2)nc2ccsc12. The smallest absolute Gasteiger partial charge is 0.268 e. The first kappa shape index (κ1) is 13.7. The summed E-state index contributed by atoms with van der Waals surface area (Å²) in [5.74, 6) is 1.20. The summed E-state index contributed by atoms with van der Waals surface area (Å²) < 4.78 is 0.684. The van der Waals surface area contributed by atoms with E-state index in [-0.39, 0.29) is 11.7 Å². The molecule has 3 rings (SSSR count). The monoisotopic (exact) mass is 293 g/mol. The molecule has 1 saturated carbocycles. The van der Waals surface area contributed by atoms with Gasteiger partial charge in [-0.15, -0.1) is 11.3 Å². The maximum absolute atomic E-state index is 11.8. The zero-order chi connectivity index (χ0) is 13.9. The number of nitrogens with one attached hydrogen (secondary N) is 2. The van der Waals surface area contributed by atoms with E-state index in [1.54, 1.807) is 0 Å². The fraction of sp³-hybridized carbons (Fsp3) is 0.571. The first-order valence-electron chi connectivity index (χ1n) is 7.07. The number of hydrogen-bond donors (Lipinski definition) is 3. The highest BCUT2D eigenvalue weighted by atomic mass is 32.1. The van der Waals surface area contributed by atoms with Gasteiger partial charge in [0.1, 0.15) is 10.5 Å². The Balaban J connectivity index is 1.58. The molecule has 0 aromatic carbocycles. The van der Waals surface area contributed by atoms with E-state index in [2.05, 4.69) is 15.3 Å². The highest BCUT2D eigenvalue weighted by molar-refractivity contribution is 7.17. The molecule has 1 aliphatic carbocycles. The molecule has 2 aromatic heterocycles. The molecule has 0 amide bonds. The van der Waals surface area contributed by atoms with Crippen molar-refractivity contribution in [2.24, 2.45) is 5.92 Å². The second kappa shape index (κ2) is 6.03. The van der Waals surface area contributed by atoms with Crippen molar-refractivity contribution in [2.75, 3.05) is 6.54 Å². The van der Waals surface area contributed by atoms with Crippen LogP contribution in [0, 0.1) is 5.92 Å². The van der Waals surface area contributed by atoms with Gasteiger partial charge in [-0.05, 0) is 43.2 Å². The molecule has 0 aliphatic heterocycles. The van der Waals surface area contributed by atoms with Crippen molar-refractivity contribution in [1.29, 1.82) is 0 Å². The second-order valence-electron chi connectivity index (χ2n) is 5.46. The Morgan fingerprint density at radius 1 is 1.50 bits per heavy atom.